The second-order valence-corrected chi connectivity index (χ2v) is 6.36. The van der Waals surface area contributed by atoms with Gasteiger partial charge in [-0.1, -0.05) is 30.7 Å². The summed E-state index contributed by atoms with van der Waals surface area (Å²) in [6.45, 7) is 5.00. The molecule has 1 aromatic heterocycles. The number of ether oxygens (including phenoxy) is 1. The first kappa shape index (κ1) is 17.0. The van der Waals surface area contributed by atoms with E-state index in [1.165, 1.54) is 0 Å². The SMILES string of the molecule is CCc1oc(C(N)=O)cc1CN1CCO[C@H](c2ccc(Cl)cc2)C1. The fraction of sp³-hybridized carbons (Fsp3) is 0.389. The molecule has 1 atom stereocenters. The van der Waals surface area contributed by atoms with Gasteiger partial charge in [0.05, 0.1) is 12.7 Å². The number of amides is 1. The van der Waals surface area contributed by atoms with Crippen LogP contribution in [0.5, 0.6) is 0 Å². The number of furan rings is 1. The molecule has 1 aromatic carbocycles. The van der Waals surface area contributed by atoms with Crippen LogP contribution in [0.25, 0.3) is 0 Å². The van der Waals surface area contributed by atoms with Gasteiger partial charge in [0.1, 0.15) is 5.76 Å². The van der Waals surface area contributed by atoms with Gasteiger partial charge in [0, 0.05) is 36.6 Å². The van der Waals surface area contributed by atoms with Crippen LogP contribution in [0.3, 0.4) is 0 Å². The molecule has 3 rings (SSSR count). The quantitative estimate of drug-likeness (QED) is 0.901. The molecule has 0 unspecified atom stereocenters. The van der Waals surface area contributed by atoms with Crippen molar-refractivity contribution in [3.05, 3.63) is 58.0 Å². The highest BCUT2D eigenvalue weighted by molar-refractivity contribution is 6.30. The lowest BCUT2D eigenvalue weighted by Crippen LogP contribution is -2.37. The van der Waals surface area contributed by atoms with E-state index >= 15 is 0 Å². The fourth-order valence-electron chi connectivity index (χ4n) is 2.99. The summed E-state index contributed by atoms with van der Waals surface area (Å²) in [5.74, 6) is 0.514. The number of morpholine rings is 1. The van der Waals surface area contributed by atoms with Crippen LogP contribution in [0.2, 0.25) is 5.02 Å². The van der Waals surface area contributed by atoms with Gasteiger partial charge in [0.25, 0.3) is 5.91 Å². The van der Waals surface area contributed by atoms with Crippen molar-refractivity contribution >= 4 is 17.5 Å². The maximum Gasteiger partial charge on any atom is 0.284 e. The molecule has 0 bridgehead atoms. The Bertz CT molecular complexity index is 712. The standard InChI is InChI=1S/C18H21ClN2O3/c1-2-15-13(9-16(24-15)18(20)22)10-21-7-8-23-17(11-21)12-3-5-14(19)6-4-12/h3-6,9,17H,2,7-8,10-11H2,1H3,(H2,20,22)/t17-/m0/s1. The molecule has 2 aromatic rings. The summed E-state index contributed by atoms with van der Waals surface area (Å²) in [7, 11) is 0. The number of primary amides is 1. The van der Waals surface area contributed by atoms with Crippen LogP contribution in [0.1, 0.15) is 40.5 Å². The number of carbonyl (C=O) groups excluding carboxylic acids is 1. The van der Waals surface area contributed by atoms with E-state index < -0.39 is 5.91 Å². The Hall–Kier alpha value is -1.82. The molecule has 0 radical (unpaired) electrons. The van der Waals surface area contributed by atoms with Crippen molar-refractivity contribution in [1.29, 1.82) is 0 Å². The number of aryl methyl sites for hydroxylation is 1. The maximum absolute atomic E-state index is 11.3. The molecule has 2 N–H and O–H groups in total. The minimum Gasteiger partial charge on any atom is -0.456 e. The molecular formula is C18H21ClN2O3. The van der Waals surface area contributed by atoms with Crippen LogP contribution in [0.4, 0.5) is 0 Å². The minimum atomic E-state index is -0.531. The lowest BCUT2D eigenvalue weighted by molar-refractivity contribution is -0.0330. The van der Waals surface area contributed by atoms with E-state index in [-0.39, 0.29) is 11.9 Å². The Kier molecular flexibility index (Phi) is 5.23. The highest BCUT2D eigenvalue weighted by Crippen LogP contribution is 2.26. The summed E-state index contributed by atoms with van der Waals surface area (Å²) >= 11 is 5.95. The monoisotopic (exact) mass is 348 g/mol. The zero-order valence-electron chi connectivity index (χ0n) is 13.6. The van der Waals surface area contributed by atoms with Crippen LogP contribution < -0.4 is 5.73 Å². The molecule has 0 spiro atoms. The molecule has 128 valence electrons. The van der Waals surface area contributed by atoms with Crippen molar-refractivity contribution < 1.29 is 13.9 Å². The number of hydrogen-bond acceptors (Lipinski definition) is 4. The van der Waals surface area contributed by atoms with Crippen molar-refractivity contribution in [2.75, 3.05) is 19.7 Å². The molecule has 6 heteroatoms. The van der Waals surface area contributed by atoms with Crippen LogP contribution >= 0.6 is 11.6 Å². The number of benzene rings is 1. The van der Waals surface area contributed by atoms with Gasteiger partial charge in [0.15, 0.2) is 5.76 Å². The topological polar surface area (TPSA) is 68.7 Å². The average Bonchev–Trinajstić information content (AvgIpc) is 2.99. The van der Waals surface area contributed by atoms with Crippen molar-refractivity contribution in [3.8, 4) is 0 Å². The second-order valence-electron chi connectivity index (χ2n) is 5.92. The molecule has 1 aliphatic heterocycles. The first-order valence-electron chi connectivity index (χ1n) is 8.07. The lowest BCUT2D eigenvalue weighted by atomic mass is 10.1. The zero-order valence-corrected chi connectivity index (χ0v) is 14.4. The molecule has 1 amide bonds. The Balaban J connectivity index is 1.71. The third-order valence-corrected chi connectivity index (χ3v) is 4.50. The largest absolute Gasteiger partial charge is 0.456 e. The zero-order chi connectivity index (χ0) is 17.1. The Labute approximate surface area is 146 Å². The third-order valence-electron chi connectivity index (χ3n) is 4.25. The predicted molar refractivity (Wildman–Crippen MR) is 92.0 cm³/mol. The molecule has 2 heterocycles. The van der Waals surface area contributed by atoms with E-state index in [1.807, 2.05) is 31.2 Å². The van der Waals surface area contributed by atoms with Gasteiger partial charge >= 0.3 is 0 Å². The minimum absolute atomic E-state index is 0.0172. The fourth-order valence-corrected chi connectivity index (χ4v) is 3.11. The van der Waals surface area contributed by atoms with E-state index in [0.29, 0.717) is 13.2 Å². The Morgan fingerprint density at radius 3 is 2.79 bits per heavy atom. The number of rotatable bonds is 5. The molecule has 1 aliphatic rings. The van der Waals surface area contributed by atoms with E-state index in [4.69, 9.17) is 26.5 Å². The number of hydrogen-bond donors (Lipinski definition) is 1. The molecule has 24 heavy (non-hydrogen) atoms. The average molecular weight is 349 g/mol. The number of halogens is 1. The number of nitrogens with two attached hydrogens (primary N) is 1. The van der Waals surface area contributed by atoms with Crippen molar-refractivity contribution in [1.82, 2.24) is 4.90 Å². The normalized spacial score (nSPS) is 18.7. The van der Waals surface area contributed by atoms with Gasteiger partial charge in [-0.2, -0.15) is 0 Å². The van der Waals surface area contributed by atoms with Crippen LogP contribution in [0, 0.1) is 0 Å². The van der Waals surface area contributed by atoms with E-state index in [0.717, 1.165) is 41.4 Å². The first-order chi connectivity index (χ1) is 11.6. The number of carbonyl (C=O) groups is 1. The van der Waals surface area contributed by atoms with Gasteiger partial charge in [-0.25, -0.2) is 0 Å². The van der Waals surface area contributed by atoms with Crippen LogP contribution in [-0.4, -0.2) is 30.5 Å². The summed E-state index contributed by atoms with van der Waals surface area (Å²) in [4.78, 5) is 13.6. The maximum atomic E-state index is 11.3. The van der Waals surface area contributed by atoms with Crippen molar-refractivity contribution in [2.45, 2.75) is 26.0 Å². The van der Waals surface area contributed by atoms with Crippen molar-refractivity contribution in [2.24, 2.45) is 5.73 Å². The van der Waals surface area contributed by atoms with Crippen molar-refractivity contribution in [3.63, 3.8) is 0 Å². The molecule has 5 nitrogen and oxygen atoms in total. The lowest BCUT2D eigenvalue weighted by Gasteiger charge is -2.33. The van der Waals surface area contributed by atoms with Gasteiger partial charge in [0.2, 0.25) is 0 Å². The van der Waals surface area contributed by atoms with Gasteiger partial charge in [-0.15, -0.1) is 0 Å². The summed E-state index contributed by atoms with van der Waals surface area (Å²) in [6.07, 6.45) is 0.747. The van der Waals surface area contributed by atoms with Gasteiger partial charge in [-0.3, -0.25) is 9.69 Å². The van der Waals surface area contributed by atoms with Crippen LogP contribution in [-0.2, 0) is 17.7 Å². The van der Waals surface area contributed by atoms with E-state index in [9.17, 15) is 4.79 Å². The molecule has 1 fully saturated rings. The Morgan fingerprint density at radius 2 is 2.12 bits per heavy atom. The third kappa shape index (κ3) is 3.80. The summed E-state index contributed by atoms with van der Waals surface area (Å²) in [5.41, 5.74) is 7.45. The Morgan fingerprint density at radius 1 is 1.38 bits per heavy atom. The smallest absolute Gasteiger partial charge is 0.284 e. The summed E-state index contributed by atoms with van der Waals surface area (Å²) < 4.78 is 11.4. The summed E-state index contributed by atoms with van der Waals surface area (Å²) in [5, 5.41) is 0.719. The first-order valence-corrected chi connectivity index (χ1v) is 8.45. The van der Waals surface area contributed by atoms with E-state index in [1.54, 1.807) is 6.07 Å². The number of nitrogens with zero attached hydrogens (tertiary/aromatic N) is 1. The highest BCUT2D eigenvalue weighted by Gasteiger charge is 2.24. The predicted octanol–water partition coefficient (Wildman–Crippen LogP) is 3.17. The van der Waals surface area contributed by atoms with Gasteiger partial charge in [-0.05, 0) is 23.8 Å². The summed E-state index contributed by atoms with van der Waals surface area (Å²) in [6, 6.07) is 9.51. The molecule has 0 aliphatic carbocycles. The molecular weight excluding hydrogens is 328 g/mol. The molecule has 1 saturated heterocycles. The molecule has 0 saturated carbocycles. The second kappa shape index (κ2) is 7.38. The highest BCUT2D eigenvalue weighted by atomic mass is 35.5. The van der Waals surface area contributed by atoms with Crippen LogP contribution in [0.15, 0.2) is 34.7 Å². The van der Waals surface area contributed by atoms with E-state index in [2.05, 4.69) is 4.90 Å². The van der Waals surface area contributed by atoms with Gasteiger partial charge < -0.3 is 14.9 Å².